The number of nitrogens with one attached hydrogen (secondary N) is 1. The molecule has 0 radical (unpaired) electrons. The van der Waals surface area contributed by atoms with Gasteiger partial charge >= 0.3 is 0 Å². The lowest BCUT2D eigenvalue weighted by molar-refractivity contribution is -0.113. The first kappa shape index (κ1) is 17.9. The van der Waals surface area contributed by atoms with Crippen LogP contribution in [0.5, 0.6) is 5.75 Å². The van der Waals surface area contributed by atoms with Crippen molar-refractivity contribution < 1.29 is 13.9 Å². The molecule has 3 heterocycles. The van der Waals surface area contributed by atoms with E-state index in [9.17, 15) is 4.79 Å². The van der Waals surface area contributed by atoms with Crippen LogP contribution in [0, 0.1) is 0 Å². The van der Waals surface area contributed by atoms with Gasteiger partial charge in [-0.25, -0.2) is 4.68 Å². The van der Waals surface area contributed by atoms with E-state index in [1.807, 2.05) is 35.3 Å². The summed E-state index contributed by atoms with van der Waals surface area (Å²) in [5.74, 6) is 1.92. The van der Waals surface area contributed by atoms with Gasteiger partial charge in [-0.3, -0.25) is 9.47 Å². The molecule has 0 spiro atoms. The summed E-state index contributed by atoms with van der Waals surface area (Å²) in [7, 11) is 1.60. The van der Waals surface area contributed by atoms with Gasteiger partial charge in [0, 0.05) is 18.1 Å². The van der Waals surface area contributed by atoms with Gasteiger partial charge in [0.05, 0.1) is 19.1 Å². The number of nitrogens with zero attached hydrogens (tertiary/aromatic N) is 4. The lowest BCUT2D eigenvalue weighted by Crippen LogP contribution is -2.15. The molecule has 1 N–H and O–H groups in total. The van der Waals surface area contributed by atoms with Crippen LogP contribution in [0.25, 0.3) is 11.6 Å². The topological polar surface area (TPSA) is 87.1 Å². The van der Waals surface area contributed by atoms with Crippen LogP contribution in [0.4, 0.5) is 5.69 Å². The third-order valence-corrected chi connectivity index (χ3v) is 4.80. The van der Waals surface area contributed by atoms with Crippen molar-refractivity contribution in [3.05, 3.63) is 67.2 Å². The van der Waals surface area contributed by atoms with E-state index >= 15 is 0 Å². The molecule has 3 aromatic heterocycles. The molecule has 0 aliphatic heterocycles. The van der Waals surface area contributed by atoms with Crippen LogP contribution in [0.15, 0.2) is 76.8 Å². The fraction of sp³-hybridized carbons (Fsp3) is 0.105. The molecule has 142 valence electrons. The Balaban J connectivity index is 1.49. The molecule has 0 unspecified atom stereocenters. The monoisotopic (exact) mass is 395 g/mol. The van der Waals surface area contributed by atoms with Crippen molar-refractivity contribution in [2.75, 3.05) is 18.2 Å². The molecule has 28 heavy (non-hydrogen) atoms. The Morgan fingerprint density at radius 2 is 1.93 bits per heavy atom. The van der Waals surface area contributed by atoms with Crippen molar-refractivity contribution in [2.45, 2.75) is 5.16 Å². The summed E-state index contributed by atoms with van der Waals surface area (Å²) in [6, 6.07) is 14.6. The third-order valence-electron chi connectivity index (χ3n) is 3.88. The predicted molar refractivity (Wildman–Crippen MR) is 105 cm³/mol. The first-order valence-corrected chi connectivity index (χ1v) is 9.43. The quantitative estimate of drug-likeness (QED) is 0.483. The molecule has 0 aliphatic rings. The maximum absolute atomic E-state index is 12.3. The molecule has 0 saturated carbocycles. The number of methoxy groups -OCH3 is 1. The van der Waals surface area contributed by atoms with Crippen LogP contribution in [-0.4, -0.2) is 38.3 Å². The predicted octanol–water partition coefficient (Wildman–Crippen LogP) is 3.39. The summed E-state index contributed by atoms with van der Waals surface area (Å²) in [6.07, 6.45) is 5.33. The SMILES string of the molecule is COc1ccc(NC(=O)CSc2nnc(-c3ccco3)n2-n2cccc2)cc1. The van der Waals surface area contributed by atoms with Crippen molar-refractivity contribution in [1.82, 2.24) is 19.5 Å². The number of amides is 1. The van der Waals surface area contributed by atoms with E-state index < -0.39 is 0 Å². The minimum Gasteiger partial charge on any atom is -0.497 e. The summed E-state index contributed by atoms with van der Waals surface area (Å²) >= 11 is 1.29. The summed E-state index contributed by atoms with van der Waals surface area (Å²) < 4.78 is 14.2. The van der Waals surface area contributed by atoms with Gasteiger partial charge < -0.3 is 14.5 Å². The molecule has 0 atom stereocenters. The Hall–Kier alpha value is -3.46. The first-order valence-electron chi connectivity index (χ1n) is 8.44. The third kappa shape index (κ3) is 3.79. The van der Waals surface area contributed by atoms with Crippen LogP contribution in [-0.2, 0) is 4.79 Å². The Morgan fingerprint density at radius 1 is 1.14 bits per heavy atom. The highest BCUT2D eigenvalue weighted by molar-refractivity contribution is 7.99. The molecular weight excluding hydrogens is 378 g/mol. The molecule has 1 amide bonds. The second-order valence-corrected chi connectivity index (χ2v) is 6.67. The average molecular weight is 395 g/mol. The van der Waals surface area contributed by atoms with Crippen LogP contribution >= 0.6 is 11.8 Å². The number of hydrogen-bond acceptors (Lipinski definition) is 6. The van der Waals surface area contributed by atoms with E-state index in [1.165, 1.54) is 11.8 Å². The Bertz CT molecular complexity index is 1040. The van der Waals surface area contributed by atoms with Gasteiger partial charge in [0.15, 0.2) is 5.76 Å². The molecule has 0 aliphatic carbocycles. The summed E-state index contributed by atoms with van der Waals surface area (Å²) in [6.45, 7) is 0. The molecule has 9 heteroatoms. The van der Waals surface area contributed by atoms with Crippen molar-refractivity contribution in [2.24, 2.45) is 0 Å². The lowest BCUT2D eigenvalue weighted by atomic mass is 10.3. The second kappa shape index (κ2) is 8.05. The summed E-state index contributed by atoms with van der Waals surface area (Å²) in [4.78, 5) is 12.3. The maximum atomic E-state index is 12.3. The van der Waals surface area contributed by atoms with Crippen LogP contribution in [0.1, 0.15) is 0 Å². The van der Waals surface area contributed by atoms with Gasteiger partial charge in [-0.2, -0.15) is 0 Å². The maximum Gasteiger partial charge on any atom is 0.234 e. The molecule has 0 saturated heterocycles. The first-order chi connectivity index (χ1) is 13.7. The van der Waals surface area contributed by atoms with Gasteiger partial charge in [0.25, 0.3) is 0 Å². The summed E-state index contributed by atoms with van der Waals surface area (Å²) in [5, 5.41) is 11.9. The molecule has 0 bridgehead atoms. The Morgan fingerprint density at radius 3 is 2.61 bits per heavy atom. The second-order valence-electron chi connectivity index (χ2n) is 5.72. The van der Waals surface area contributed by atoms with Crippen molar-refractivity contribution >= 4 is 23.4 Å². The van der Waals surface area contributed by atoms with Gasteiger partial charge in [0.2, 0.25) is 16.9 Å². The van der Waals surface area contributed by atoms with E-state index in [1.54, 1.807) is 48.4 Å². The highest BCUT2D eigenvalue weighted by Gasteiger charge is 2.18. The Labute approximate surface area is 165 Å². The van der Waals surface area contributed by atoms with Crippen molar-refractivity contribution in [1.29, 1.82) is 0 Å². The van der Waals surface area contributed by atoms with Crippen molar-refractivity contribution in [3.63, 3.8) is 0 Å². The highest BCUT2D eigenvalue weighted by atomic mass is 32.2. The average Bonchev–Trinajstić information content (AvgIpc) is 3.47. The zero-order valence-electron chi connectivity index (χ0n) is 15.0. The van der Waals surface area contributed by atoms with E-state index in [0.29, 0.717) is 22.4 Å². The fourth-order valence-electron chi connectivity index (χ4n) is 2.58. The molecule has 4 rings (SSSR count). The van der Waals surface area contributed by atoms with Gasteiger partial charge in [-0.15, -0.1) is 10.2 Å². The van der Waals surface area contributed by atoms with E-state index in [4.69, 9.17) is 9.15 Å². The number of aromatic nitrogens is 4. The van der Waals surface area contributed by atoms with Gasteiger partial charge in [-0.1, -0.05) is 11.8 Å². The zero-order chi connectivity index (χ0) is 19.3. The number of benzene rings is 1. The Kier molecular flexibility index (Phi) is 5.16. The van der Waals surface area contributed by atoms with Gasteiger partial charge in [0.1, 0.15) is 5.75 Å². The molecular formula is C19H17N5O3S. The van der Waals surface area contributed by atoms with E-state index in [2.05, 4.69) is 15.5 Å². The number of hydrogen-bond donors (Lipinski definition) is 1. The number of rotatable bonds is 7. The zero-order valence-corrected chi connectivity index (χ0v) is 15.8. The highest BCUT2D eigenvalue weighted by Crippen LogP contribution is 2.25. The molecule has 8 nitrogen and oxygen atoms in total. The standard InChI is InChI=1S/C19H17N5O3S/c1-26-15-8-6-14(7-9-15)20-17(25)13-28-19-22-21-18(16-5-4-12-27-16)24(19)23-10-2-3-11-23/h2-12H,13H2,1H3,(H,20,25). The number of furan rings is 1. The number of ether oxygens (including phenoxy) is 1. The molecule has 1 aromatic carbocycles. The number of carbonyl (C=O) groups is 1. The minimum absolute atomic E-state index is 0.142. The number of thioether (sulfide) groups is 1. The van der Waals surface area contributed by atoms with Gasteiger partial charge in [-0.05, 0) is 48.5 Å². The fourth-order valence-corrected chi connectivity index (χ4v) is 3.32. The van der Waals surface area contributed by atoms with E-state index in [0.717, 1.165) is 5.75 Å². The van der Waals surface area contributed by atoms with Crippen molar-refractivity contribution in [3.8, 4) is 17.3 Å². The normalized spacial score (nSPS) is 10.8. The van der Waals surface area contributed by atoms with E-state index in [-0.39, 0.29) is 11.7 Å². The summed E-state index contributed by atoms with van der Waals surface area (Å²) in [5.41, 5.74) is 0.703. The molecule has 4 aromatic rings. The smallest absolute Gasteiger partial charge is 0.234 e. The molecule has 0 fully saturated rings. The van der Waals surface area contributed by atoms with Crippen LogP contribution < -0.4 is 10.1 Å². The largest absolute Gasteiger partial charge is 0.497 e. The number of carbonyl (C=O) groups excluding carboxylic acids is 1. The van der Waals surface area contributed by atoms with Crippen LogP contribution in [0.2, 0.25) is 0 Å². The minimum atomic E-state index is -0.142. The van der Waals surface area contributed by atoms with Crippen LogP contribution in [0.3, 0.4) is 0 Å². The lowest BCUT2D eigenvalue weighted by Gasteiger charge is -2.10. The number of anilines is 1.